The summed E-state index contributed by atoms with van der Waals surface area (Å²) in [5.74, 6) is 0. The van der Waals surface area contributed by atoms with E-state index in [1.807, 2.05) is 0 Å². The number of nitrogens with one attached hydrogen (secondary N) is 1. The summed E-state index contributed by atoms with van der Waals surface area (Å²) >= 11 is 0. The Morgan fingerprint density at radius 2 is 1.72 bits per heavy atom. The normalized spacial score (nSPS) is 15.4. The van der Waals surface area contributed by atoms with Crippen LogP contribution in [-0.2, 0) is 10.2 Å². The van der Waals surface area contributed by atoms with Crippen molar-refractivity contribution in [1.82, 2.24) is 5.32 Å². The molecule has 18 heavy (non-hydrogen) atoms. The Labute approximate surface area is 112 Å². The number of hydrogen-bond donors (Lipinski definition) is 1. The molecule has 0 radical (unpaired) electrons. The van der Waals surface area contributed by atoms with Crippen LogP contribution >= 0.6 is 0 Å². The minimum Gasteiger partial charge on any atom is -0.383 e. The molecule has 0 aromatic heterocycles. The molecule has 1 N–H and O–H groups in total. The second-order valence-electron chi connectivity index (χ2n) is 5.88. The third-order valence-corrected chi connectivity index (χ3v) is 3.36. The highest BCUT2D eigenvalue weighted by Gasteiger charge is 2.23. The zero-order chi connectivity index (χ0) is 13.6. The van der Waals surface area contributed by atoms with Gasteiger partial charge in [-0.15, -0.1) is 0 Å². The second kappa shape index (κ2) is 6.91. The summed E-state index contributed by atoms with van der Waals surface area (Å²) in [4.78, 5) is 0. The zero-order valence-corrected chi connectivity index (χ0v) is 12.4. The minimum atomic E-state index is 0.195. The molecule has 0 amide bonds. The first-order valence-electron chi connectivity index (χ1n) is 6.76. The molecular formula is C16H27NO. The molecule has 0 saturated heterocycles. The molecule has 2 nitrogen and oxygen atoms in total. The van der Waals surface area contributed by atoms with Crippen molar-refractivity contribution in [3.63, 3.8) is 0 Å². The van der Waals surface area contributed by atoms with Crippen molar-refractivity contribution >= 4 is 0 Å². The lowest BCUT2D eigenvalue weighted by Gasteiger charge is -2.30. The minimum absolute atomic E-state index is 0.195. The molecule has 102 valence electrons. The van der Waals surface area contributed by atoms with Gasteiger partial charge in [-0.3, -0.25) is 0 Å². The number of hydrogen-bond acceptors (Lipinski definition) is 2. The lowest BCUT2D eigenvalue weighted by atomic mass is 9.79. The van der Waals surface area contributed by atoms with Gasteiger partial charge in [0.1, 0.15) is 0 Å². The molecule has 0 heterocycles. The number of rotatable bonds is 7. The van der Waals surface area contributed by atoms with Crippen LogP contribution in [0.1, 0.15) is 39.7 Å². The summed E-state index contributed by atoms with van der Waals surface area (Å²) in [7, 11) is 1.75. The van der Waals surface area contributed by atoms with E-state index in [0.29, 0.717) is 12.1 Å². The Morgan fingerprint density at radius 1 is 1.11 bits per heavy atom. The molecule has 0 bridgehead atoms. The van der Waals surface area contributed by atoms with Crippen LogP contribution in [0.4, 0.5) is 0 Å². The van der Waals surface area contributed by atoms with E-state index in [1.165, 1.54) is 5.56 Å². The van der Waals surface area contributed by atoms with E-state index < -0.39 is 0 Å². The molecule has 0 fully saturated rings. The van der Waals surface area contributed by atoms with Crippen molar-refractivity contribution in [3.05, 3.63) is 35.9 Å². The average Bonchev–Trinajstić information content (AvgIpc) is 2.29. The van der Waals surface area contributed by atoms with Gasteiger partial charge < -0.3 is 10.1 Å². The Bertz CT molecular complexity index is 334. The summed E-state index contributed by atoms with van der Waals surface area (Å²) in [5.41, 5.74) is 1.60. The summed E-state index contributed by atoms with van der Waals surface area (Å²) in [6, 6.07) is 11.6. The van der Waals surface area contributed by atoms with Crippen LogP contribution in [0.2, 0.25) is 0 Å². The lowest BCUT2D eigenvalue weighted by Crippen LogP contribution is -2.40. The molecule has 0 aliphatic carbocycles. The monoisotopic (exact) mass is 249 g/mol. The van der Waals surface area contributed by atoms with Crippen LogP contribution in [0.25, 0.3) is 0 Å². The van der Waals surface area contributed by atoms with E-state index in [1.54, 1.807) is 7.11 Å². The van der Waals surface area contributed by atoms with Gasteiger partial charge in [-0.05, 0) is 31.2 Å². The molecular weight excluding hydrogens is 222 g/mol. The molecule has 0 spiro atoms. The van der Waals surface area contributed by atoms with E-state index >= 15 is 0 Å². The first kappa shape index (κ1) is 15.2. The Balaban J connectivity index is 2.55. The number of methoxy groups -OCH3 is 1. The molecule has 0 aliphatic heterocycles. The highest BCUT2D eigenvalue weighted by atomic mass is 16.5. The molecule has 2 heteroatoms. The van der Waals surface area contributed by atoms with E-state index in [9.17, 15) is 0 Å². The Hall–Kier alpha value is -0.860. The van der Waals surface area contributed by atoms with Gasteiger partial charge in [-0.1, -0.05) is 44.2 Å². The van der Waals surface area contributed by atoms with Crippen LogP contribution in [0.15, 0.2) is 30.3 Å². The van der Waals surface area contributed by atoms with Gasteiger partial charge in [0, 0.05) is 19.2 Å². The lowest BCUT2D eigenvalue weighted by molar-refractivity contribution is 0.164. The third kappa shape index (κ3) is 4.79. The fourth-order valence-electron chi connectivity index (χ4n) is 2.62. The van der Waals surface area contributed by atoms with Crippen molar-refractivity contribution in [2.45, 2.75) is 51.6 Å². The molecule has 2 unspecified atom stereocenters. The predicted octanol–water partition coefficient (Wildman–Crippen LogP) is 3.37. The van der Waals surface area contributed by atoms with Gasteiger partial charge in [0.15, 0.2) is 0 Å². The maximum Gasteiger partial charge on any atom is 0.0613 e. The summed E-state index contributed by atoms with van der Waals surface area (Å²) in [5, 5.41) is 3.58. The fraction of sp³-hybridized carbons (Fsp3) is 0.625. The van der Waals surface area contributed by atoms with Gasteiger partial charge in [0.2, 0.25) is 0 Å². The molecule has 0 saturated carbocycles. The molecule has 1 aromatic carbocycles. The van der Waals surface area contributed by atoms with Crippen LogP contribution in [0, 0.1) is 0 Å². The largest absolute Gasteiger partial charge is 0.383 e. The number of ether oxygens (including phenoxy) is 1. The van der Waals surface area contributed by atoms with Crippen molar-refractivity contribution in [1.29, 1.82) is 0 Å². The second-order valence-corrected chi connectivity index (χ2v) is 5.88. The summed E-state index contributed by atoms with van der Waals surface area (Å²) < 4.78 is 5.16. The highest BCUT2D eigenvalue weighted by Crippen LogP contribution is 2.28. The van der Waals surface area contributed by atoms with Crippen LogP contribution < -0.4 is 5.32 Å². The van der Waals surface area contributed by atoms with Gasteiger partial charge in [-0.25, -0.2) is 0 Å². The summed E-state index contributed by atoms with van der Waals surface area (Å²) in [6.07, 6.45) is 1.12. The van der Waals surface area contributed by atoms with Gasteiger partial charge >= 0.3 is 0 Å². The molecule has 2 atom stereocenters. The average molecular weight is 249 g/mol. The van der Waals surface area contributed by atoms with Crippen LogP contribution in [0.3, 0.4) is 0 Å². The van der Waals surface area contributed by atoms with Gasteiger partial charge in [0.25, 0.3) is 0 Å². The maximum atomic E-state index is 5.16. The van der Waals surface area contributed by atoms with Gasteiger partial charge in [0.05, 0.1) is 6.61 Å². The number of benzene rings is 1. The smallest absolute Gasteiger partial charge is 0.0613 e. The highest BCUT2D eigenvalue weighted by molar-refractivity contribution is 5.23. The first-order valence-corrected chi connectivity index (χ1v) is 6.76. The standard InChI is InChI=1S/C16H27NO/c1-13(17-14(2)12-18-5)11-16(3,4)15-9-7-6-8-10-15/h6-10,13-14,17H,11-12H2,1-5H3. The maximum absolute atomic E-state index is 5.16. The predicted molar refractivity (Wildman–Crippen MR) is 78.0 cm³/mol. The van der Waals surface area contributed by atoms with E-state index in [2.05, 4.69) is 63.3 Å². The summed E-state index contributed by atoms with van der Waals surface area (Å²) in [6.45, 7) is 9.78. The molecule has 1 aromatic rings. The van der Waals surface area contributed by atoms with Crippen molar-refractivity contribution in [3.8, 4) is 0 Å². The van der Waals surface area contributed by atoms with Gasteiger partial charge in [-0.2, -0.15) is 0 Å². The topological polar surface area (TPSA) is 21.3 Å². The van der Waals surface area contributed by atoms with Crippen LogP contribution in [-0.4, -0.2) is 25.8 Å². The quantitative estimate of drug-likeness (QED) is 0.800. The third-order valence-electron chi connectivity index (χ3n) is 3.36. The molecule has 0 aliphatic rings. The SMILES string of the molecule is COCC(C)NC(C)CC(C)(C)c1ccccc1. The van der Waals surface area contributed by atoms with E-state index in [-0.39, 0.29) is 5.41 Å². The fourth-order valence-corrected chi connectivity index (χ4v) is 2.62. The molecule has 1 rings (SSSR count). The Morgan fingerprint density at radius 3 is 2.28 bits per heavy atom. The van der Waals surface area contributed by atoms with E-state index in [0.717, 1.165) is 13.0 Å². The van der Waals surface area contributed by atoms with E-state index in [4.69, 9.17) is 4.74 Å². The zero-order valence-electron chi connectivity index (χ0n) is 12.4. The van der Waals surface area contributed by atoms with Crippen molar-refractivity contribution in [2.24, 2.45) is 0 Å². The Kier molecular flexibility index (Phi) is 5.83. The van der Waals surface area contributed by atoms with Crippen LogP contribution in [0.5, 0.6) is 0 Å². The first-order chi connectivity index (χ1) is 8.45. The van der Waals surface area contributed by atoms with Crippen molar-refractivity contribution < 1.29 is 4.74 Å². The van der Waals surface area contributed by atoms with Crippen molar-refractivity contribution in [2.75, 3.05) is 13.7 Å².